The molecule has 0 saturated carbocycles. The average Bonchev–Trinajstić information content (AvgIpc) is 1.69. The number of rotatable bonds is 0. The van der Waals surface area contributed by atoms with E-state index in [9.17, 15) is 0 Å². The molecule has 0 bridgehead atoms. The highest BCUT2D eigenvalue weighted by Gasteiger charge is 2.00. The molecule has 0 fully saturated rings. The Kier molecular flexibility index (Phi) is 1.26. The summed E-state index contributed by atoms with van der Waals surface area (Å²) in [4.78, 5) is 8.78. The zero-order valence-electron chi connectivity index (χ0n) is 4.22. The fraction of sp³-hybridized carbons (Fsp3) is 0.750. The maximum Gasteiger partial charge on any atom is 0.107 e. The SMILES string of the molecule is CC1CN=CNO1. The summed E-state index contributed by atoms with van der Waals surface area (Å²) in [6, 6.07) is 0. The van der Waals surface area contributed by atoms with Crippen molar-refractivity contribution in [2.45, 2.75) is 13.0 Å². The van der Waals surface area contributed by atoms with Crippen LogP contribution in [0.1, 0.15) is 6.92 Å². The molecule has 0 aliphatic carbocycles. The van der Waals surface area contributed by atoms with Gasteiger partial charge in [0.2, 0.25) is 0 Å². The van der Waals surface area contributed by atoms with E-state index in [4.69, 9.17) is 4.84 Å². The van der Waals surface area contributed by atoms with E-state index in [1.54, 1.807) is 6.34 Å². The minimum Gasteiger partial charge on any atom is -0.271 e. The van der Waals surface area contributed by atoms with E-state index in [1.165, 1.54) is 0 Å². The van der Waals surface area contributed by atoms with Gasteiger partial charge in [-0.25, -0.2) is 0 Å². The number of aliphatic imine (C=N–C) groups is 1. The van der Waals surface area contributed by atoms with Gasteiger partial charge < -0.3 is 0 Å². The quantitative estimate of drug-likeness (QED) is 0.462. The number of nitrogens with zero attached hydrogens (tertiary/aromatic N) is 1. The zero-order chi connectivity index (χ0) is 5.11. The van der Waals surface area contributed by atoms with E-state index in [-0.39, 0.29) is 6.10 Å². The van der Waals surface area contributed by atoms with Crippen LogP contribution in [0.25, 0.3) is 0 Å². The van der Waals surface area contributed by atoms with Crippen molar-refractivity contribution < 1.29 is 4.84 Å². The summed E-state index contributed by atoms with van der Waals surface area (Å²) in [5.41, 5.74) is 2.54. The Morgan fingerprint density at radius 2 is 2.86 bits per heavy atom. The van der Waals surface area contributed by atoms with Crippen molar-refractivity contribution in [3.63, 3.8) is 0 Å². The van der Waals surface area contributed by atoms with Crippen molar-refractivity contribution in [1.82, 2.24) is 5.48 Å². The van der Waals surface area contributed by atoms with Gasteiger partial charge in [-0.05, 0) is 6.92 Å². The van der Waals surface area contributed by atoms with Crippen molar-refractivity contribution in [1.29, 1.82) is 0 Å². The summed E-state index contributed by atoms with van der Waals surface area (Å²) in [5, 5.41) is 0. The first-order chi connectivity index (χ1) is 3.39. The van der Waals surface area contributed by atoms with Crippen molar-refractivity contribution in [2.75, 3.05) is 6.54 Å². The molecule has 40 valence electrons. The molecule has 1 unspecified atom stereocenters. The van der Waals surface area contributed by atoms with Crippen LogP contribution in [0.3, 0.4) is 0 Å². The van der Waals surface area contributed by atoms with Gasteiger partial charge in [-0.15, -0.1) is 0 Å². The highest BCUT2D eigenvalue weighted by Crippen LogP contribution is 1.89. The number of hydrogen-bond donors (Lipinski definition) is 1. The van der Waals surface area contributed by atoms with Crippen LogP contribution < -0.4 is 5.48 Å². The van der Waals surface area contributed by atoms with Gasteiger partial charge in [-0.1, -0.05) is 0 Å². The molecule has 7 heavy (non-hydrogen) atoms. The normalized spacial score (nSPS) is 29.6. The van der Waals surface area contributed by atoms with Crippen LogP contribution in [0.4, 0.5) is 0 Å². The van der Waals surface area contributed by atoms with Gasteiger partial charge in [-0.2, -0.15) is 0 Å². The van der Waals surface area contributed by atoms with Crippen LogP contribution in [0.5, 0.6) is 0 Å². The fourth-order valence-electron chi connectivity index (χ4n) is 0.422. The Labute approximate surface area is 42.3 Å². The predicted molar refractivity (Wildman–Crippen MR) is 27.0 cm³/mol. The lowest BCUT2D eigenvalue weighted by molar-refractivity contribution is 0.0216. The molecule has 0 amide bonds. The monoisotopic (exact) mass is 100 g/mol. The third-order valence-electron chi connectivity index (χ3n) is 0.776. The van der Waals surface area contributed by atoms with Gasteiger partial charge in [-0.3, -0.25) is 15.3 Å². The van der Waals surface area contributed by atoms with Gasteiger partial charge in [0, 0.05) is 0 Å². The second-order valence-electron chi connectivity index (χ2n) is 1.54. The lowest BCUT2D eigenvalue weighted by Gasteiger charge is -2.12. The number of nitrogens with one attached hydrogen (secondary N) is 1. The largest absolute Gasteiger partial charge is 0.271 e. The van der Waals surface area contributed by atoms with Crippen LogP contribution in [0, 0.1) is 0 Å². The molecule has 1 aliphatic heterocycles. The summed E-state index contributed by atoms with van der Waals surface area (Å²) >= 11 is 0. The molecule has 0 aromatic heterocycles. The van der Waals surface area contributed by atoms with E-state index in [2.05, 4.69) is 10.5 Å². The first-order valence-electron chi connectivity index (χ1n) is 2.29. The lowest BCUT2D eigenvalue weighted by Crippen LogP contribution is -2.27. The molecule has 0 spiro atoms. The fourth-order valence-corrected chi connectivity index (χ4v) is 0.422. The molecule has 0 aromatic rings. The molecular weight excluding hydrogens is 92.1 g/mol. The molecular formula is C4H8N2O. The molecule has 3 heteroatoms. The topological polar surface area (TPSA) is 33.6 Å². The van der Waals surface area contributed by atoms with E-state index in [1.807, 2.05) is 6.92 Å². The average molecular weight is 100 g/mol. The molecule has 0 radical (unpaired) electrons. The molecule has 3 nitrogen and oxygen atoms in total. The van der Waals surface area contributed by atoms with Crippen molar-refractivity contribution in [3.8, 4) is 0 Å². The zero-order valence-corrected chi connectivity index (χ0v) is 4.22. The van der Waals surface area contributed by atoms with Crippen molar-refractivity contribution >= 4 is 6.34 Å². The Morgan fingerprint density at radius 1 is 2.00 bits per heavy atom. The van der Waals surface area contributed by atoms with Gasteiger partial charge in [0.1, 0.15) is 12.4 Å². The Hall–Kier alpha value is -0.570. The second-order valence-corrected chi connectivity index (χ2v) is 1.54. The van der Waals surface area contributed by atoms with E-state index in [0.29, 0.717) is 0 Å². The van der Waals surface area contributed by atoms with Gasteiger partial charge in [0.15, 0.2) is 0 Å². The van der Waals surface area contributed by atoms with E-state index < -0.39 is 0 Å². The summed E-state index contributed by atoms with van der Waals surface area (Å²) in [6.45, 7) is 2.73. The van der Waals surface area contributed by atoms with Crippen LogP contribution in [0.2, 0.25) is 0 Å². The van der Waals surface area contributed by atoms with E-state index in [0.717, 1.165) is 6.54 Å². The lowest BCUT2D eigenvalue weighted by atomic mass is 10.4. The highest BCUT2D eigenvalue weighted by atomic mass is 16.7. The minimum atomic E-state index is 0.227. The third kappa shape index (κ3) is 1.16. The predicted octanol–water partition coefficient (Wildman–Crippen LogP) is -0.0620. The molecule has 0 aromatic carbocycles. The van der Waals surface area contributed by atoms with Gasteiger partial charge in [0.05, 0.1) is 6.54 Å². The molecule has 1 aliphatic rings. The second kappa shape index (κ2) is 1.93. The minimum absolute atomic E-state index is 0.227. The van der Waals surface area contributed by atoms with Crippen molar-refractivity contribution in [2.24, 2.45) is 4.99 Å². The number of hydrogen-bond acceptors (Lipinski definition) is 3. The smallest absolute Gasteiger partial charge is 0.107 e. The maximum absolute atomic E-state index is 4.88. The van der Waals surface area contributed by atoms with E-state index >= 15 is 0 Å². The first kappa shape index (κ1) is 4.59. The Morgan fingerprint density at radius 3 is 3.14 bits per heavy atom. The van der Waals surface area contributed by atoms with Gasteiger partial charge >= 0.3 is 0 Å². The Balaban J connectivity index is 2.32. The summed E-state index contributed by atoms with van der Waals surface area (Å²) in [6.07, 6.45) is 1.78. The first-order valence-corrected chi connectivity index (χ1v) is 2.29. The molecule has 0 saturated heterocycles. The highest BCUT2D eigenvalue weighted by molar-refractivity contribution is 5.53. The van der Waals surface area contributed by atoms with Crippen molar-refractivity contribution in [3.05, 3.63) is 0 Å². The maximum atomic E-state index is 4.88. The standard InChI is InChI=1S/C4H8N2O/c1-4-2-5-3-6-7-4/h3-4H,2H2,1H3,(H,5,6). The molecule has 1 rings (SSSR count). The molecule has 1 N–H and O–H groups in total. The molecule has 1 heterocycles. The van der Waals surface area contributed by atoms with Crippen LogP contribution in [-0.2, 0) is 4.84 Å². The summed E-state index contributed by atoms with van der Waals surface area (Å²) < 4.78 is 0. The Bertz CT molecular complexity index is 81.8. The van der Waals surface area contributed by atoms with Gasteiger partial charge in [0.25, 0.3) is 0 Å². The van der Waals surface area contributed by atoms with Crippen LogP contribution >= 0.6 is 0 Å². The number of hydroxylamine groups is 1. The summed E-state index contributed by atoms with van der Waals surface area (Å²) in [5.74, 6) is 0. The summed E-state index contributed by atoms with van der Waals surface area (Å²) in [7, 11) is 0. The molecule has 1 atom stereocenters. The van der Waals surface area contributed by atoms with Crippen LogP contribution in [-0.4, -0.2) is 19.0 Å². The third-order valence-corrected chi connectivity index (χ3v) is 0.776. The van der Waals surface area contributed by atoms with Crippen LogP contribution in [0.15, 0.2) is 4.99 Å².